The molecule has 2 heterocycles. The molecular weight excluding hydrogens is 360 g/mol. The second kappa shape index (κ2) is 6.23. The average molecular weight is 385 g/mol. The van der Waals surface area contributed by atoms with Crippen molar-refractivity contribution in [2.75, 3.05) is 13.1 Å². The molecule has 0 aromatic heterocycles. The van der Waals surface area contributed by atoms with E-state index in [2.05, 4.69) is 19.1 Å². The molecule has 2 unspecified atom stereocenters. The molecule has 0 bridgehead atoms. The van der Waals surface area contributed by atoms with Crippen molar-refractivity contribution in [1.29, 1.82) is 0 Å². The van der Waals surface area contributed by atoms with Gasteiger partial charge < -0.3 is 9.80 Å². The molecule has 142 valence electrons. The topological polar surface area (TPSA) is 40.6 Å². The van der Waals surface area contributed by atoms with Crippen molar-refractivity contribution in [3.05, 3.63) is 58.7 Å². The lowest BCUT2D eigenvalue weighted by Crippen LogP contribution is -2.69. The lowest BCUT2D eigenvalue weighted by Gasteiger charge is -2.55. The number of nitrogens with zero attached hydrogens (tertiary/aromatic N) is 2. The fraction of sp³-hybridized carbons (Fsp3) is 0.455. The Bertz CT molecular complexity index is 871. The number of hydrogen-bond acceptors (Lipinski definition) is 2. The number of rotatable bonds is 3. The highest BCUT2D eigenvalue weighted by Crippen LogP contribution is 2.65. The fourth-order valence-electron chi connectivity index (χ4n) is 5.44. The zero-order valence-electron chi connectivity index (χ0n) is 16.0. The Morgan fingerprint density at radius 2 is 1.96 bits per heavy atom. The van der Waals surface area contributed by atoms with Gasteiger partial charge in [-0.05, 0) is 37.5 Å². The molecule has 0 N–H and O–H groups in total. The van der Waals surface area contributed by atoms with Gasteiger partial charge in [0.15, 0.2) is 0 Å². The lowest BCUT2D eigenvalue weighted by atomic mass is 9.69. The molecule has 2 atom stereocenters. The third kappa shape index (κ3) is 2.29. The number of carbonyl (C=O) groups is 2. The van der Waals surface area contributed by atoms with Crippen LogP contribution < -0.4 is 0 Å². The Balaban J connectivity index is 1.94. The molecule has 2 aliphatic heterocycles. The summed E-state index contributed by atoms with van der Waals surface area (Å²) in [5.41, 5.74) is 1.02. The van der Waals surface area contributed by atoms with Crippen LogP contribution in [0.15, 0.2) is 47.5 Å². The van der Waals surface area contributed by atoms with Gasteiger partial charge in [-0.3, -0.25) is 9.59 Å². The maximum Gasteiger partial charge on any atom is 0.256 e. The monoisotopic (exact) mass is 384 g/mol. The normalized spacial score (nSPS) is 27.1. The third-order valence-corrected chi connectivity index (χ3v) is 6.92. The van der Waals surface area contributed by atoms with Gasteiger partial charge >= 0.3 is 0 Å². The first kappa shape index (κ1) is 18.3. The molecule has 1 saturated heterocycles. The van der Waals surface area contributed by atoms with Gasteiger partial charge in [0.1, 0.15) is 5.66 Å². The summed E-state index contributed by atoms with van der Waals surface area (Å²) in [7, 11) is 0. The van der Waals surface area contributed by atoms with Crippen molar-refractivity contribution < 1.29 is 9.59 Å². The van der Waals surface area contributed by atoms with Gasteiger partial charge in [-0.1, -0.05) is 48.9 Å². The van der Waals surface area contributed by atoms with Crippen LogP contribution in [0.4, 0.5) is 0 Å². The predicted octanol–water partition coefficient (Wildman–Crippen LogP) is 4.07. The van der Waals surface area contributed by atoms with E-state index in [0.29, 0.717) is 18.1 Å². The molecule has 1 aliphatic carbocycles. The summed E-state index contributed by atoms with van der Waals surface area (Å²) < 4.78 is 0. The van der Waals surface area contributed by atoms with Crippen molar-refractivity contribution >= 4 is 23.4 Å². The van der Waals surface area contributed by atoms with Gasteiger partial charge in [0.25, 0.3) is 5.91 Å². The first-order valence-corrected chi connectivity index (χ1v) is 9.97. The van der Waals surface area contributed by atoms with E-state index in [1.54, 1.807) is 6.92 Å². The molecule has 0 radical (unpaired) electrons. The quantitative estimate of drug-likeness (QED) is 0.737. The Hall–Kier alpha value is -2.07. The first-order valence-electron chi connectivity index (χ1n) is 9.60. The Morgan fingerprint density at radius 1 is 1.26 bits per heavy atom. The fourth-order valence-corrected chi connectivity index (χ4v) is 5.52. The molecule has 1 saturated carbocycles. The summed E-state index contributed by atoms with van der Waals surface area (Å²) in [5.74, 6) is 0.00926. The molecule has 4 nitrogen and oxygen atoms in total. The lowest BCUT2D eigenvalue weighted by molar-refractivity contribution is -0.142. The van der Waals surface area contributed by atoms with E-state index in [-0.39, 0.29) is 23.1 Å². The van der Waals surface area contributed by atoms with E-state index in [1.807, 2.05) is 47.1 Å². The number of benzene rings is 1. The van der Waals surface area contributed by atoms with Gasteiger partial charge in [0, 0.05) is 41.9 Å². The molecule has 1 aromatic rings. The molecule has 1 aromatic carbocycles. The average Bonchev–Trinajstić information content (AvgIpc) is 3.36. The zero-order chi connectivity index (χ0) is 19.4. The second-order valence-electron chi connectivity index (χ2n) is 7.80. The highest BCUT2D eigenvalue weighted by Gasteiger charge is 2.73. The molecule has 2 amide bonds. The molecule has 5 heteroatoms. The van der Waals surface area contributed by atoms with Gasteiger partial charge in [-0.15, -0.1) is 0 Å². The van der Waals surface area contributed by atoms with Crippen molar-refractivity contribution in [3.8, 4) is 0 Å². The third-order valence-electron chi connectivity index (χ3n) is 6.58. The summed E-state index contributed by atoms with van der Waals surface area (Å²) in [6.45, 7) is 6.76. The van der Waals surface area contributed by atoms with Crippen LogP contribution in [0.1, 0.15) is 49.5 Å². The summed E-state index contributed by atoms with van der Waals surface area (Å²) >= 11 is 6.20. The number of fused-ring (bicyclic) bond motifs is 4. The van der Waals surface area contributed by atoms with Crippen LogP contribution in [0.2, 0.25) is 0 Å². The molecule has 1 spiro atoms. The van der Waals surface area contributed by atoms with E-state index in [9.17, 15) is 9.59 Å². The van der Waals surface area contributed by atoms with Gasteiger partial charge in [0.05, 0.1) is 0 Å². The molecule has 2 fully saturated rings. The minimum atomic E-state index is -0.661. The van der Waals surface area contributed by atoms with Crippen LogP contribution in [0.25, 0.3) is 0 Å². The van der Waals surface area contributed by atoms with Crippen LogP contribution in [0.5, 0.6) is 0 Å². The minimum absolute atomic E-state index is 0.0216. The zero-order valence-corrected chi connectivity index (χ0v) is 16.8. The second-order valence-corrected chi connectivity index (χ2v) is 8.24. The standard InChI is InChI=1S/C22H25ClN2O2/c1-4-17(23)10-9-15(2)22-21(11-12-21)19-8-6-5-7-18(19)20(27)25(22)14-13-24(22)16(3)26/h4-10,15H,11-14H2,1-3H3/b10-9-,17-4+. The molecular formula is C22H25ClN2O2. The van der Waals surface area contributed by atoms with Crippen molar-refractivity contribution in [2.24, 2.45) is 5.92 Å². The number of allylic oxidation sites excluding steroid dienone is 3. The smallest absolute Gasteiger partial charge is 0.256 e. The number of halogens is 1. The predicted molar refractivity (Wildman–Crippen MR) is 106 cm³/mol. The van der Waals surface area contributed by atoms with Crippen molar-refractivity contribution in [1.82, 2.24) is 9.80 Å². The Labute approximate surface area is 165 Å². The minimum Gasteiger partial charge on any atom is -0.316 e. The highest BCUT2D eigenvalue weighted by molar-refractivity contribution is 6.31. The van der Waals surface area contributed by atoms with E-state index in [1.165, 1.54) is 0 Å². The van der Waals surface area contributed by atoms with Gasteiger partial charge in [-0.25, -0.2) is 0 Å². The molecule has 27 heavy (non-hydrogen) atoms. The summed E-state index contributed by atoms with van der Waals surface area (Å²) in [5, 5.41) is 0.657. The van der Waals surface area contributed by atoms with E-state index in [0.717, 1.165) is 24.0 Å². The number of carbonyl (C=O) groups excluding carboxylic acids is 2. The van der Waals surface area contributed by atoms with Crippen LogP contribution in [-0.4, -0.2) is 40.4 Å². The maximum atomic E-state index is 13.4. The van der Waals surface area contributed by atoms with E-state index in [4.69, 9.17) is 11.6 Å². The molecule has 4 rings (SSSR count). The van der Waals surface area contributed by atoms with Gasteiger partial charge in [0.2, 0.25) is 5.91 Å². The van der Waals surface area contributed by atoms with E-state index < -0.39 is 5.66 Å². The Morgan fingerprint density at radius 3 is 2.59 bits per heavy atom. The SMILES string of the molecule is C/C=C(Cl)\C=C/C(C)C12N(C(C)=O)CCN1C(=O)c1ccccc1C21CC1. The van der Waals surface area contributed by atoms with Gasteiger partial charge in [-0.2, -0.15) is 0 Å². The summed E-state index contributed by atoms with van der Waals surface area (Å²) in [6.07, 6.45) is 7.74. The highest BCUT2D eigenvalue weighted by atomic mass is 35.5. The van der Waals surface area contributed by atoms with E-state index >= 15 is 0 Å². The molecule has 3 aliphatic rings. The first-order chi connectivity index (χ1) is 12.9. The number of hydrogen-bond donors (Lipinski definition) is 0. The van der Waals surface area contributed by atoms with Crippen LogP contribution in [-0.2, 0) is 10.2 Å². The Kier molecular flexibility index (Phi) is 4.22. The maximum absolute atomic E-state index is 13.4. The summed E-state index contributed by atoms with van der Waals surface area (Å²) in [4.78, 5) is 30.0. The van der Waals surface area contributed by atoms with Crippen LogP contribution in [0.3, 0.4) is 0 Å². The van der Waals surface area contributed by atoms with Crippen molar-refractivity contribution in [3.63, 3.8) is 0 Å². The van der Waals surface area contributed by atoms with Crippen LogP contribution in [0, 0.1) is 5.92 Å². The van der Waals surface area contributed by atoms with Crippen LogP contribution >= 0.6 is 11.6 Å². The summed E-state index contributed by atoms with van der Waals surface area (Å²) in [6, 6.07) is 7.92. The van der Waals surface area contributed by atoms with Crippen molar-refractivity contribution in [2.45, 2.75) is 44.7 Å². The largest absolute Gasteiger partial charge is 0.316 e. The number of amides is 2.